The van der Waals surface area contributed by atoms with Crippen LogP contribution in [0.5, 0.6) is 5.75 Å². The number of benzene rings is 2. The molecule has 1 aliphatic heterocycles. The molecule has 32 heavy (non-hydrogen) atoms. The highest BCUT2D eigenvalue weighted by Crippen LogP contribution is 2.21. The van der Waals surface area contributed by atoms with Crippen LogP contribution in [0.15, 0.2) is 54.6 Å². The number of nitrogens with one attached hydrogen (secondary N) is 2. The van der Waals surface area contributed by atoms with Gasteiger partial charge in [0.25, 0.3) is 5.91 Å². The van der Waals surface area contributed by atoms with Gasteiger partial charge in [-0.1, -0.05) is 50.2 Å². The average Bonchev–Trinajstić information content (AvgIpc) is 3.31. The van der Waals surface area contributed by atoms with Crippen LogP contribution in [0.2, 0.25) is 0 Å². The summed E-state index contributed by atoms with van der Waals surface area (Å²) in [5.74, 6) is -0.305. The van der Waals surface area contributed by atoms with Crippen LogP contribution in [0.4, 0.5) is 0 Å². The Balaban J connectivity index is 1.67. The molecular formula is C25H31N3O4. The van der Waals surface area contributed by atoms with Gasteiger partial charge in [0.1, 0.15) is 17.8 Å². The quantitative estimate of drug-likeness (QED) is 0.665. The first kappa shape index (κ1) is 23.3. The molecule has 0 aromatic heterocycles. The third kappa shape index (κ3) is 5.66. The molecule has 1 saturated heterocycles. The first-order valence-corrected chi connectivity index (χ1v) is 11.0. The number of methoxy groups -OCH3 is 1. The van der Waals surface area contributed by atoms with Crippen molar-refractivity contribution in [3.8, 4) is 5.75 Å². The van der Waals surface area contributed by atoms with Crippen molar-refractivity contribution in [2.75, 3.05) is 13.7 Å². The number of amides is 3. The van der Waals surface area contributed by atoms with Crippen molar-refractivity contribution in [3.05, 3.63) is 65.7 Å². The van der Waals surface area contributed by atoms with Gasteiger partial charge in [-0.3, -0.25) is 14.4 Å². The molecule has 0 saturated carbocycles. The number of nitrogens with zero attached hydrogens (tertiary/aromatic N) is 1. The minimum atomic E-state index is -0.726. The molecule has 170 valence electrons. The first-order chi connectivity index (χ1) is 15.4. The minimum Gasteiger partial charge on any atom is -0.497 e. The molecular weight excluding hydrogens is 406 g/mol. The van der Waals surface area contributed by atoms with E-state index < -0.39 is 12.1 Å². The van der Waals surface area contributed by atoms with Crippen molar-refractivity contribution >= 4 is 17.7 Å². The molecule has 7 heteroatoms. The molecule has 0 aliphatic carbocycles. The van der Waals surface area contributed by atoms with Crippen molar-refractivity contribution in [3.63, 3.8) is 0 Å². The average molecular weight is 438 g/mol. The summed E-state index contributed by atoms with van der Waals surface area (Å²) >= 11 is 0. The van der Waals surface area contributed by atoms with Gasteiger partial charge in [0.05, 0.1) is 7.11 Å². The van der Waals surface area contributed by atoms with Crippen LogP contribution in [-0.2, 0) is 16.1 Å². The van der Waals surface area contributed by atoms with Gasteiger partial charge in [0.15, 0.2) is 0 Å². The second-order valence-electron chi connectivity index (χ2n) is 8.32. The minimum absolute atomic E-state index is 0.134. The monoisotopic (exact) mass is 437 g/mol. The van der Waals surface area contributed by atoms with Gasteiger partial charge in [0, 0.05) is 18.7 Å². The van der Waals surface area contributed by atoms with Gasteiger partial charge in [-0.15, -0.1) is 0 Å². The summed E-state index contributed by atoms with van der Waals surface area (Å²) in [6.07, 6.45) is 1.37. The molecule has 1 aliphatic rings. The van der Waals surface area contributed by atoms with E-state index in [1.54, 1.807) is 29.2 Å². The topological polar surface area (TPSA) is 87.7 Å². The highest BCUT2D eigenvalue weighted by molar-refractivity contribution is 5.98. The Morgan fingerprint density at radius 3 is 2.53 bits per heavy atom. The SMILES string of the molecule is COc1cccc(C(=O)N[C@H](C(=O)N2CCC[C@H]2C(=O)NCc2ccccc2)C(C)C)c1. The number of carbonyl (C=O) groups excluding carboxylic acids is 3. The van der Waals surface area contributed by atoms with Crippen LogP contribution < -0.4 is 15.4 Å². The molecule has 3 amide bonds. The van der Waals surface area contributed by atoms with E-state index in [1.807, 2.05) is 44.2 Å². The molecule has 0 spiro atoms. The fourth-order valence-electron chi connectivity index (χ4n) is 3.89. The molecule has 2 N–H and O–H groups in total. The third-order valence-electron chi connectivity index (χ3n) is 5.70. The van der Waals surface area contributed by atoms with Gasteiger partial charge >= 0.3 is 0 Å². The Kier molecular flexibility index (Phi) is 7.87. The highest BCUT2D eigenvalue weighted by atomic mass is 16.5. The molecule has 1 fully saturated rings. The summed E-state index contributed by atoms with van der Waals surface area (Å²) < 4.78 is 5.18. The number of hydrogen-bond acceptors (Lipinski definition) is 4. The van der Waals surface area contributed by atoms with E-state index >= 15 is 0 Å². The molecule has 3 rings (SSSR count). The van der Waals surface area contributed by atoms with Gasteiger partial charge in [-0.05, 0) is 42.5 Å². The van der Waals surface area contributed by atoms with Crippen LogP contribution in [0.1, 0.15) is 42.6 Å². The molecule has 2 aromatic carbocycles. The van der Waals surface area contributed by atoms with Crippen molar-refractivity contribution in [1.82, 2.24) is 15.5 Å². The van der Waals surface area contributed by atoms with Gasteiger partial charge in [0.2, 0.25) is 11.8 Å². The Bertz CT molecular complexity index is 945. The zero-order valence-electron chi connectivity index (χ0n) is 18.8. The Morgan fingerprint density at radius 1 is 1.09 bits per heavy atom. The summed E-state index contributed by atoms with van der Waals surface area (Å²) in [5, 5.41) is 5.80. The smallest absolute Gasteiger partial charge is 0.252 e. The van der Waals surface area contributed by atoms with E-state index in [0.717, 1.165) is 12.0 Å². The maximum absolute atomic E-state index is 13.4. The van der Waals surface area contributed by atoms with E-state index in [4.69, 9.17) is 4.74 Å². The van der Waals surface area contributed by atoms with E-state index in [0.29, 0.717) is 30.8 Å². The normalized spacial score (nSPS) is 16.5. The molecule has 0 radical (unpaired) electrons. The van der Waals surface area contributed by atoms with E-state index in [-0.39, 0.29) is 23.6 Å². The maximum Gasteiger partial charge on any atom is 0.252 e. The Hall–Kier alpha value is -3.35. The van der Waals surface area contributed by atoms with Gasteiger partial charge < -0.3 is 20.3 Å². The lowest BCUT2D eigenvalue weighted by molar-refractivity contribution is -0.140. The molecule has 7 nitrogen and oxygen atoms in total. The zero-order valence-corrected chi connectivity index (χ0v) is 18.8. The fraction of sp³-hybridized carbons (Fsp3) is 0.400. The van der Waals surface area contributed by atoms with Crippen molar-refractivity contribution < 1.29 is 19.1 Å². The molecule has 2 aromatic rings. The second kappa shape index (κ2) is 10.8. The van der Waals surface area contributed by atoms with E-state index in [2.05, 4.69) is 10.6 Å². The number of carbonyl (C=O) groups is 3. The summed E-state index contributed by atoms with van der Waals surface area (Å²) in [7, 11) is 1.54. The maximum atomic E-state index is 13.4. The second-order valence-corrected chi connectivity index (χ2v) is 8.32. The number of ether oxygens (including phenoxy) is 1. The van der Waals surface area contributed by atoms with Crippen LogP contribution in [-0.4, -0.2) is 48.4 Å². The van der Waals surface area contributed by atoms with Crippen molar-refractivity contribution in [2.45, 2.75) is 45.3 Å². The lowest BCUT2D eigenvalue weighted by Gasteiger charge is -2.30. The van der Waals surface area contributed by atoms with Gasteiger partial charge in [-0.2, -0.15) is 0 Å². The number of likely N-dealkylation sites (tertiary alicyclic amines) is 1. The fourth-order valence-corrected chi connectivity index (χ4v) is 3.89. The first-order valence-electron chi connectivity index (χ1n) is 11.0. The highest BCUT2D eigenvalue weighted by Gasteiger charge is 2.38. The Labute approximate surface area is 189 Å². The lowest BCUT2D eigenvalue weighted by atomic mass is 10.0. The van der Waals surface area contributed by atoms with Gasteiger partial charge in [-0.25, -0.2) is 0 Å². The Morgan fingerprint density at radius 2 is 1.84 bits per heavy atom. The summed E-state index contributed by atoms with van der Waals surface area (Å²) in [6, 6.07) is 15.2. The zero-order chi connectivity index (χ0) is 23.1. The van der Waals surface area contributed by atoms with Crippen LogP contribution in [0, 0.1) is 5.92 Å². The van der Waals surface area contributed by atoms with Crippen LogP contribution in [0.3, 0.4) is 0 Å². The number of rotatable bonds is 8. The molecule has 0 bridgehead atoms. The van der Waals surface area contributed by atoms with E-state index in [9.17, 15) is 14.4 Å². The van der Waals surface area contributed by atoms with Crippen molar-refractivity contribution in [2.24, 2.45) is 5.92 Å². The largest absolute Gasteiger partial charge is 0.497 e. The standard InChI is InChI=1S/C25H31N3O4/c1-17(2)22(27-23(29)19-11-7-12-20(15-19)32-3)25(31)28-14-8-13-21(28)24(30)26-16-18-9-5-4-6-10-18/h4-7,9-12,15,17,21-22H,8,13-14,16H2,1-3H3,(H,26,30)(H,27,29)/t21-,22-/m0/s1. The summed E-state index contributed by atoms with van der Waals surface area (Å²) in [4.78, 5) is 40.6. The predicted octanol–water partition coefficient (Wildman–Crippen LogP) is 2.76. The van der Waals surface area contributed by atoms with Crippen LogP contribution in [0.25, 0.3) is 0 Å². The molecule has 2 atom stereocenters. The molecule has 0 unspecified atom stereocenters. The third-order valence-corrected chi connectivity index (χ3v) is 5.70. The lowest BCUT2D eigenvalue weighted by Crippen LogP contribution is -2.55. The predicted molar refractivity (Wildman–Crippen MR) is 122 cm³/mol. The van der Waals surface area contributed by atoms with E-state index in [1.165, 1.54) is 7.11 Å². The van der Waals surface area contributed by atoms with Crippen molar-refractivity contribution in [1.29, 1.82) is 0 Å². The summed E-state index contributed by atoms with van der Waals surface area (Å²) in [6.45, 7) is 4.68. The molecule has 1 heterocycles. The summed E-state index contributed by atoms with van der Waals surface area (Å²) in [5.41, 5.74) is 1.42. The number of hydrogen-bond donors (Lipinski definition) is 2. The van der Waals surface area contributed by atoms with Crippen LogP contribution >= 0.6 is 0 Å².